The van der Waals surface area contributed by atoms with Gasteiger partial charge in [0.1, 0.15) is 6.61 Å². The second kappa shape index (κ2) is 5.77. The Balaban J connectivity index is 3.07. The normalized spacial score (nSPS) is 12.6. The highest BCUT2D eigenvalue weighted by Crippen LogP contribution is 2.12. The smallest absolute Gasteiger partial charge is 0.273 e. The molecule has 1 aromatic rings. The SMILES string of the molecule is CC(C)Cn1c(COC(C)C)nnc1S(N)(=O)=O. The minimum absolute atomic E-state index is 0.0344. The number of hydrogen-bond donors (Lipinski definition) is 1. The van der Waals surface area contributed by atoms with Crippen LogP contribution in [0.25, 0.3) is 0 Å². The number of hydrogen-bond acceptors (Lipinski definition) is 5. The van der Waals surface area contributed by atoms with Crippen LogP contribution in [-0.4, -0.2) is 29.3 Å². The molecular weight excluding hydrogens is 256 g/mol. The van der Waals surface area contributed by atoms with Crippen molar-refractivity contribution in [2.75, 3.05) is 0 Å². The van der Waals surface area contributed by atoms with E-state index in [4.69, 9.17) is 9.88 Å². The van der Waals surface area contributed by atoms with E-state index < -0.39 is 10.0 Å². The van der Waals surface area contributed by atoms with Crippen LogP contribution in [0.2, 0.25) is 0 Å². The molecule has 7 nitrogen and oxygen atoms in total. The fraction of sp³-hybridized carbons (Fsp3) is 0.800. The Hall–Kier alpha value is -0.990. The molecule has 0 bridgehead atoms. The van der Waals surface area contributed by atoms with Gasteiger partial charge in [-0.1, -0.05) is 13.8 Å². The second-order valence-electron chi connectivity index (χ2n) is 4.81. The summed E-state index contributed by atoms with van der Waals surface area (Å²) in [6, 6.07) is 0. The number of aromatic nitrogens is 3. The summed E-state index contributed by atoms with van der Waals surface area (Å²) in [5.74, 6) is 0.723. The van der Waals surface area contributed by atoms with E-state index in [1.807, 2.05) is 27.7 Å². The molecule has 104 valence electrons. The Morgan fingerprint density at radius 2 is 1.89 bits per heavy atom. The lowest BCUT2D eigenvalue weighted by atomic mass is 10.2. The van der Waals surface area contributed by atoms with Crippen LogP contribution >= 0.6 is 0 Å². The maximum Gasteiger partial charge on any atom is 0.273 e. The highest BCUT2D eigenvalue weighted by molar-refractivity contribution is 7.89. The molecule has 0 atom stereocenters. The molecule has 2 N–H and O–H groups in total. The van der Waals surface area contributed by atoms with Gasteiger partial charge in [0.05, 0.1) is 6.10 Å². The van der Waals surface area contributed by atoms with Gasteiger partial charge in [-0.15, -0.1) is 10.2 Å². The van der Waals surface area contributed by atoms with E-state index in [0.29, 0.717) is 12.4 Å². The summed E-state index contributed by atoms with van der Waals surface area (Å²) < 4.78 is 29.7. The van der Waals surface area contributed by atoms with Crippen molar-refractivity contribution in [3.05, 3.63) is 5.82 Å². The summed E-state index contributed by atoms with van der Waals surface area (Å²) in [5.41, 5.74) is 0. The number of primary sulfonamides is 1. The molecule has 0 amide bonds. The molecule has 1 heterocycles. The molecule has 0 aliphatic rings. The number of nitrogens with zero attached hydrogens (tertiary/aromatic N) is 3. The average Bonchev–Trinajstić information content (AvgIpc) is 2.56. The molecule has 0 aliphatic heterocycles. The zero-order valence-corrected chi connectivity index (χ0v) is 11.9. The minimum Gasteiger partial charge on any atom is -0.371 e. The van der Waals surface area contributed by atoms with Gasteiger partial charge in [-0.2, -0.15) is 0 Å². The number of sulfonamides is 1. The van der Waals surface area contributed by atoms with Crippen LogP contribution in [0, 0.1) is 5.92 Å². The monoisotopic (exact) mass is 276 g/mol. The molecule has 1 rings (SSSR count). The largest absolute Gasteiger partial charge is 0.371 e. The Kier molecular flexibility index (Phi) is 4.83. The topological polar surface area (TPSA) is 100 Å². The molecule has 0 aliphatic carbocycles. The molecule has 0 saturated carbocycles. The zero-order valence-electron chi connectivity index (χ0n) is 11.1. The van der Waals surface area contributed by atoms with Crippen LogP contribution in [0.5, 0.6) is 0 Å². The molecule has 8 heteroatoms. The lowest BCUT2D eigenvalue weighted by Crippen LogP contribution is -2.21. The van der Waals surface area contributed by atoms with Crippen molar-refractivity contribution in [1.29, 1.82) is 0 Å². The molecule has 18 heavy (non-hydrogen) atoms. The Morgan fingerprint density at radius 1 is 1.28 bits per heavy atom. The first-order chi connectivity index (χ1) is 8.21. The van der Waals surface area contributed by atoms with Crippen molar-refractivity contribution >= 4 is 10.0 Å². The highest BCUT2D eigenvalue weighted by Gasteiger charge is 2.21. The highest BCUT2D eigenvalue weighted by atomic mass is 32.2. The predicted molar refractivity (Wildman–Crippen MR) is 66.2 cm³/mol. The van der Waals surface area contributed by atoms with Crippen molar-refractivity contribution in [1.82, 2.24) is 14.8 Å². The van der Waals surface area contributed by atoms with E-state index in [9.17, 15) is 8.42 Å². The van der Waals surface area contributed by atoms with Gasteiger partial charge in [0.25, 0.3) is 15.2 Å². The van der Waals surface area contributed by atoms with Gasteiger partial charge in [0.15, 0.2) is 5.82 Å². The Morgan fingerprint density at radius 3 is 2.33 bits per heavy atom. The fourth-order valence-electron chi connectivity index (χ4n) is 1.43. The summed E-state index contributed by atoms with van der Waals surface area (Å²) in [7, 11) is -3.86. The summed E-state index contributed by atoms with van der Waals surface area (Å²) in [6.45, 7) is 8.43. The zero-order chi connectivity index (χ0) is 13.9. The van der Waals surface area contributed by atoms with E-state index in [-0.39, 0.29) is 23.8 Å². The van der Waals surface area contributed by atoms with Crippen LogP contribution in [0.3, 0.4) is 0 Å². The van der Waals surface area contributed by atoms with Crippen molar-refractivity contribution in [3.8, 4) is 0 Å². The molecule has 0 spiro atoms. The van der Waals surface area contributed by atoms with Gasteiger partial charge in [-0.25, -0.2) is 13.6 Å². The van der Waals surface area contributed by atoms with Gasteiger partial charge < -0.3 is 4.74 Å². The van der Waals surface area contributed by atoms with Gasteiger partial charge in [0, 0.05) is 6.54 Å². The molecular formula is C10H20N4O3S. The first kappa shape index (κ1) is 15.1. The maximum absolute atomic E-state index is 11.4. The molecule has 0 aromatic carbocycles. The van der Waals surface area contributed by atoms with Gasteiger partial charge in [-0.3, -0.25) is 4.57 Å². The lowest BCUT2D eigenvalue weighted by molar-refractivity contribution is 0.0586. The maximum atomic E-state index is 11.4. The molecule has 0 saturated heterocycles. The van der Waals surface area contributed by atoms with Crippen molar-refractivity contribution in [2.45, 2.75) is 52.1 Å². The van der Waals surface area contributed by atoms with Crippen molar-refractivity contribution in [2.24, 2.45) is 11.1 Å². The van der Waals surface area contributed by atoms with Gasteiger partial charge in [0.2, 0.25) is 0 Å². The first-order valence-corrected chi connectivity index (χ1v) is 7.33. The van der Waals surface area contributed by atoms with E-state index in [2.05, 4.69) is 10.2 Å². The van der Waals surface area contributed by atoms with Crippen LogP contribution in [-0.2, 0) is 27.9 Å². The third kappa shape index (κ3) is 4.04. The van der Waals surface area contributed by atoms with Crippen molar-refractivity contribution in [3.63, 3.8) is 0 Å². The summed E-state index contributed by atoms with van der Waals surface area (Å²) in [6.07, 6.45) is 0.0344. The second-order valence-corrected chi connectivity index (χ2v) is 6.26. The van der Waals surface area contributed by atoms with Gasteiger partial charge in [-0.05, 0) is 19.8 Å². The third-order valence-corrected chi connectivity index (χ3v) is 2.95. The quantitative estimate of drug-likeness (QED) is 0.815. The first-order valence-electron chi connectivity index (χ1n) is 5.78. The van der Waals surface area contributed by atoms with Crippen LogP contribution in [0.15, 0.2) is 5.16 Å². The standard InChI is InChI=1S/C10H20N4O3S/c1-7(2)5-14-9(6-17-8(3)4)12-13-10(14)18(11,15)16/h7-8H,5-6H2,1-4H3,(H2,11,15,16). The summed E-state index contributed by atoms with van der Waals surface area (Å²) >= 11 is 0. The lowest BCUT2D eigenvalue weighted by Gasteiger charge is -2.12. The number of rotatable bonds is 6. The summed E-state index contributed by atoms with van der Waals surface area (Å²) in [4.78, 5) is 0. The van der Waals surface area contributed by atoms with E-state index in [1.54, 1.807) is 0 Å². The van der Waals surface area contributed by atoms with Crippen LogP contribution in [0.4, 0.5) is 0 Å². The number of ether oxygens (including phenoxy) is 1. The average molecular weight is 276 g/mol. The minimum atomic E-state index is -3.86. The van der Waals surface area contributed by atoms with E-state index >= 15 is 0 Å². The molecule has 1 aromatic heterocycles. The predicted octanol–water partition coefficient (Wildman–Crippen LogP) is 0.506. The molecule has 0 fully saturated rings. The van der Waals surface area contributed by atoms with Crippen LogP contribution < -0.4 is 5.14 Å². The fourth-order valence-corrected chi connectivity index (χ4v) is 2.07. The molecule has 0 unspecified atom stereocenters. The van der Waals surface area contributed by atoms with Gasteiger partial charge >= 0.3 is 0 Å². The molecule has 0 radical (unpaired) electrons. The van der Waals surface area contributed by atoms with Crippen molar-refractivity contribution < 1.29 is 13.2 Å². The summed E-state index contributed by atoms with van der Waals surface area (Å²) in [5, 5.41) is 12.4. The Labute approximate surface area is 107 Å². The van der Waals surface area contributed by atoms with E-state index in [0.717, 1.165) is 0 Å². The van der Waals surface area contributed by atoms with Crippen LogP contribution in [0.1, 0.15) is 33.5 Å². The van der Waals surface area contributed by atoms with E-state index in [1.165, 1.54) is 4.57 Å². The number of nitrogens with two attached hydrogens (primary N) is 1. The third-order valence-electron chi connectivity index (χ3n) is 2.14. The Bertz CT molecular complexity index is 493.